The van der Waals surface area contributed by atoms with Crippen LogP contribution in [0.15, 0.2) is 48.5 Å². The molecule has 0 spiro atoms. The van der Waals surface area contributed by atoms with Crippen molar-refractivity contribution in [2.24, 2.45) is 0 Å². The number of aliphatic hydroxyl groups excluding tert-OH is 1. The molecule has 2 rings (SSSR count). The molecule has 0 radical (unpaired) electrons. The van der Waals surface area contributed by atoms with Crippen LogP contribution in [-0.2, 0) is 4.79 Å². The van der Waals surface area contributed by atoms with E-state index in [2.05, 4.69) is 0 Å². The molecule has 0 saturated carbocycles. The second-order valence-electron chi connectivity index (χ2n) is 5.10. The normalized spacial score (nSPS) is 13.7. The van der Waals surface area contributed by atoms with Gasteiger partial charge in [-0.2, -0.15) is 0 Å². The molecule has 0 aromatic heterocycles. The Kier molecular flexibility index (Phi) is 4.99. The lowest BCUT2D eigenvalue weighted by Gasteiger charge is -2.15. The molecule has 0 aliphatic rings. The van der Waals surface area contributed by atoms with Gasteiger partial charge in [-0.1, -0.05) is 61.0 Å². The monoisotopic (exact) mass is 304 g/mol. The quantitative estimate of drug-likeness (QED) is 0.879. The van der Waals surface area contributed by atoms with Crippen LogP contribution in [-0.4, -0.2) is 22.3 Å². The molecule has 2 unspecified atom stereocenters. The number of halogens is 1. The molecule has 2 atom stereocenters. The molecule has 0 saturated heterocycles. The molecule has 0 fully saturated rings. The molecule has 2 aromatic rings. The second-order valence-corrected chi connectivity index (χ2v) is 5.50. The maximum Gasteiger partial charge on any atom is 0.332 e. The second kappa shape index (κ2) is 6.74. The summed E-state index contributed by atoms with van der Waals surface area (Å²) in [4.78, 5) is 10.7. The van der Waals surface area contributed by atoms with Crippen LogP contribution in [0.5, 0.6) is 0 Å². The topological polar surface area (TPSA) is 57.5 Å². The van der Waals surface area contributed by atoms with Gasteiger partial charge in [-0.25, -0.2) is 4.79 Å². The van der Waals surface area contributed by atoms with Gasteiger partial charge < -0.3 is 10.2 Å². The molecule has 0 aliphatic carbocycles. The fraction of sp³-hybridized carbons (Fsp3) is 0.235. The van der Waals surface area contributed by atoms with E-state index in [0.717, 1.165) is 16.7 Å². The highest BCUT2D eigenvalue weighted by Gasteiger charge is 2.18. The van der Waals surface area contributed by atoms with Crippen molar-refractivity contribution in [1.29, 1.82) is 0 Å². The molecule has 2 aromatic carbocycles. The summed E-state index contributed by atoms with van der Waals surface area (Å²) in [6.07, 6.45) is -1.19. The van der Waals surface area contributed by atoms with E-state index in [1.807, 2.05) is 55.5 Å². The zero-order valence-corrected chi connectivity index (χ0v) is 12.4. The highest BCUT2D eigenvalue weighted by atomic mass is 35.5. The molecule has 0 bridgehead atoms. The van der Waals surface area contributed by atoms with Gasteiger partial charge in [0.1, 0.15) is 0 Å². The van der Waals surface area contributed by atoms with E-state index in [0.29, 0.717) is 5.02 Å². The lowest BCUT2D eigenvalue weighted by atomic mass is 9.93. The van der Waals surface area contributed by atoms with Crippen LogP contribution in [0.1, 0.15) is 24.8 Å². The van der Waals surface area contributed by atoms with Gasteiger partial charge in [0.15, 0.2) is 6.10 Å². The van der Waals surface area contributed by atoms with Crippen LogP contribution < -0.4 is 0 Å². The predicted molar refractivity (Wildman–Crippen MR) is 83.6 cm³/mol. The predicted octanol–water partition coefficient (Wildman–Crippen LogP) is 3.95. The van der Waals surface area contributed by atoms with Crippen molar-refractivity contribution in [2.45, 2.75) is 25.4 Å². The Labute approximate surface area is 128 Å². The van der Waals surface area contributed by atoms with Crippen molar-refractivity contribution >= 4 is 17.6 Å². The third-order valence-electron chi connectivity index (χ3n) is 3.51. The zero-order chi connectivity index (χ0) is 15.4. The number of aliphatic hydroxyl groups is 1. The minimum Gasteiger partial charge on any atom is -0.479 e. The number of hydrogen-bond donors (Lipinski definition) is 2. The van der Waals surface area contributed by atoms with E-state index in [1.54, 1.807) is 0 Å². The molecule has 21 heavy (non-hydrogen) atoms. The first kappa shape index (κ1) is 15.5. The minimum absolute atomic E-state index is 0.0848. The summed E-state index contributed by atoms with van der Waals surface area (Å²) in [5, 5.41) is 18.8. The van der Waals surface area contributed by atoms with Crippen LogP contribution in [0.3, 0.4) is 0 Å². The van der Waals surface area contributed by atoms with Gasteiger partial charge in [-0.05, 0) is 29.5 Å². The summed E-state index contributed by atoms with van der Waals surface area (Å²) in [5.41, 5.74) is 2.89. The molecule has 3 nitrogen and oxygen atoms in total. The minimum atomic E-state index is -1.35. The summed E-state index contributed by atoms with van der Waals surface area (Å²) < 4.78 is 0. The third-order valence-corrected chi connectivity index (χ3v) is 3.82. The molecular weight excluding hydrogens is 288 g/mol. The molecule has 0 amide bonds. The fourth-order valence-corrected chi connectivity index (χ4v) is 2.56. The largest absolute Gasteiger partial charge is 0.479 e. The van der Waals surface area contributed by atoms with Crippen molar-refractivity contribution in [3.63, 3.8) is 0 Å². The number of carboxylic acid groups (broad SMARTS) is 1. The van der Waals surface area contributed by atoms with Crippen molar-refractivity contribution in [3.05, 3.63) is 59.1 Å². The van der Waals surface area contributed by atoms with E-state index in [9.17, 15) is 9.90 Å². The first-order valence-electron chi connectivity index (χ1n) is 6.74. The van der Waals surface area contributed by atoms with E-state index >= 15 is 0 Å². The summed E-state index contributed by atoms with van der Waals surface area (Å²) in [5.74, 6) is -1.28. The Morgan fingerprint density at radius 3 is 2.43 bits per heavy atom. The SMILES string of the molecule is CC(CC(O)C(=O)O)c1ccc(-c2ccccc2)c(Cl)c1. The van der Waals surface area contributed by atoms with Gasteiger partial charge in [0.2, 0.25) is 0 Å². The van der Waals surface area contributed by atoms with Crippen molar-refractivity contribution in [2.75, 3.05) is 0 Å². The van der Waals surface area contributed by atoms with Crippen LogP contribution in [0.25, 0.3) is 11.1 Å². The number of carbonyl (C=O) groups is 1. The maximum absolute atomic E-state index is 10.7. The number of hydrogen-bond acceptors (Lipinski definition) is 2. The zero-order valence-electron chi connectivity index (χ0n) is 11.7. The van der Waals surface area contributed by atoms with Gasteiger partial charge in [0.25, 0.3) is 0 Å². The first-order valence-corrected chi connectivity index (χ1v) is 7.12. The van der Waals surface area contributed by atoms with Crippen molar-refractivity contribution < 1.29 is 15.0 Å². The van der Waals surface area contributed by atoms with E-state index in [1.165, 1.54) is 0 Å². The van der Waals surface area contributed by atoms with Crippen LogP contribution in [0, 0.1) is 0 Å². The van der Waals surface area contributed by atoms with Crippen LogP contribution in [0.4, 0.5) is 0 Å². The fourth-order valence-electron chi connectivity index (χ4n) is 2.26. The molecular formula is C17H17ClO3. The standard InChI is InChI=1S/C17H17ClO3/c1-11(9-16(19)17(20)21)13-7-8-14(15(18)10-13)12-5-3-2-4-6-12/h2-8,10-11,16,19H,9H2,1H3,(H,20,21). The lowest BCUT2D eigenvalue weighted by molar-refractivity contribution is -0.147. The first-order chi connectivity index (χ1) is 9.99. The van der Waals surface area contributed by atoms with Gasteiger partial charge in [-0.3, -0.25) is 0 Å². The van der Waals surface area contributed by atoms with Gasteiger partial charge >= 0.3 is 5.97 Å². The summed E-state index contributed by atoms with van der Waals surface area (Å²) in [6, 6.07) is 15.5. The smallest absolute Gasteiger partial charge is 0.332 e. The molecule has 0 aliphatic heterocycles. The van der Waals surface area contributed by atoms with Crippen LogP contribution >= 0.6 is 11.6 Å². The molecule has 0 heterocycles. The van der Waals surface area contributed by atoms with E-state index in [-0.39, 0.29) is 12.3 Å². The Morgan fingerprint density at radius 1 is 1.19 bits per heavy atom. The number of benzene rings is 2. The highest BCUT2D eigenvalue weighted by molar-refractivity contribution is 6.33. The molecule has 2 N–H and O–H groups in total. The Morgan fingerprint density at radius 2 is 1.86 bits per heavy atom. The summed E-state index contributed by atoms with van der Waals surface area (Å²) in [7, 11) is 0. The number of carboxylic acids is 1. The van der Waals surface area contributed by atoms with Gasteiger partial charge in [0.05, 0.1) is 0 Å². The lowest BCUT2D eigenvalue weighted by Crippen LogP contribution is -2.21. The van der Waals surface area contributed by atoms with Crippen molar-refractivity contribution in [3.8, 4) is 11.1 Å². The van der Waals surface area contributed by atoms with Gasteiger partial charge in [-0.15, -0.1) is 0 Å². The Balaban J connectivity index is 2.21. The average Bonchev–Trinajstić information content (AvgIpc) is 2.47. The number of aliphatic carboxylic acids is 1. The molecule has 110 valence electrons. The Bertz CT molecular complexity index is 625. The highest BCUT2D eigenvalue weighted by Crippen LogP contribution is 2.31. The van der Waals surface area contributed by atoms with E-state index in [4.69, 9.17) is 16.7 Å². The maximum atomic E-state index is 10.7. The number of rotatable bonds is 5. The molecule has 4 heteroatoms. The average molecular weight is 305 g/mol. The Hall–Kier alpha value is -1.84. The van der Waals surface area contributed by atoms with Crippen LogP contribution in [0.2, 0.25) is 5.02 Å². The summed E-state index contributed by atoms with van der Waals surface area (Å²) >= 11 is 6.33. The van der Waals surface area contributed by atoms with E-state index < -0.39 is 12.1 Å². The third kappa shape index (κ3) is 3.84. The summed E-state index contributed by atoms with van der Waals surface area (Å²) in [6.45, 7) is 1.88. The van der Waals surface area contributed by atoms with Crippen molar-refractivity contribution in [1.82, 2.24) is 0 Å². The van der Waals surface area contributed by atoms with Gasteiger partial charge in [0, 0.05) is 10.6 Å².